The first-order valence-corrected chi connectivity index (χ1v) is 11.0. The van der Waals surface area contributed by atoms with Crippen LogP contribution >= 0.6 is 24.0 Å². The van der Waals surface area contributed by atoms with Gasteiger partial charge in [0.25, 0.3) is 6.43 Å². The van der Waals surface area contributed by atoms with Gasteiger partial charge >= 0.3 is 0 Å². The maximum atomic E-state index is 12.4. The van der Waals surface area contributed by atoms with Crippen molar-refractivity contribution in [2.75, 3.05) is 45.5 Å². The standard InChI is InChI=1S/C16H31F2N5O2S.HI/c1-19-16(22-14-5-8-23(9-6-14)12-15(17)18)20-7-10-26(24,25)21-11-13-3-2-4-13;/h13-15,21H,2-12H2,1H3,(H2,19,20,22);1H. The van der Waals surface area contributed by atoms with E-state index in [1.807, 2.05) is 0 Å². The predicted molar refractivity (Wildman–Crippen MR) is 115 cm³/mol. The smallest absolute Gasteiger partial charge is 0.251 e. The number of aliphatic imine (C=N–C) groups is 1. The van der Waals surface area contributed by atoms with Crippen LogP contribution in [0.4, 0.5) is 8.78 Å². The molecular weight excluding hydrogens is 491 g/mol. The van der Waals surface area contributed by atoms with Crippen LogP contribution in [0.5, 0.6) is 0 Å². The average molecular weight is 523 g/mol. The largest absolute Gasteiger partial charge is 0.355 e. The van der Waals surface area contributed by atoms with Gasteiger partial charge < -0.3 is 10.6 Å². The summed E-state index contributed by atoms with van der Waals surface area (Å²) in [4.78, 5) is 5.87. The fourth-order valence-electron chi connectivity index (χ4n) is 3.16. The van der Waals surface area contributed by atoms with Crippen LogP contribution in [0.25, 0.3) is 0 Å². The Morgan fingerprint density at radius 1 is 1.22 bits per heavy atom. The highest BCUT2D eigenvalue weighted by Gasteiger charge is 2.22. The van der Waals surface area contributed by atoms with Crippen LogP contribution in [0.15, 0.2) is 4.99 Å². The van der Waals surface area contributed by atoms with Gasteiger partial charge in [-0.1, -0.05) is 6.42 Å². The van der Waals surface area contributed by atoms with Crippen molar-refractivity contribution < 1.29 is 17.2 Å². The first-order chi connectivity index (χ1) is 12.4. The molecule has 2 rings (SSSR count). The Kier molecular flexibility index (Phi) is 11.3. The van der Waals surface area contributed by atoms with Gasteiger partial charge in [0.15, 0.2) is 5.96 Å². The van der Waals surface area contributed by atoms with Crippen LogP contribution in [-0.2, 0) is 10.0 Å². The Bertz CT molecular complexity index is 553. The van der Waals surface area contributed by atoms with Crippen molar-refractivity contribution in [3.8, 4) is 0 Å². The van der Waals surface area contributed by atoms with E-state index >= 15 is 0 Å². The zero-order valence-electron chi connectivity index (χ0n) is 15.8. The van der Waals surface area contributed by atoms with Gasteiger partial charge in [0.2, 0.25) is 10.0 Å². The molecule has 1 aliphatic heterocycles. The Morgan fingerprint density at radius 3 is 2.41 bits per heavy atom. The van der Waals surface area contributed by atoms with Crippen molar-refractivity contribution in [3.05, 3.63) is 0 Å². The number of hydrogen-bond acceptors (Lipinski definition) is 4. The number of sulfonamides is 1. The minimum Gasteiger partial charge on any atom is -0.355 e. The van der Waals surface area contributed by atoms with Crippen molar-refractivity contribution in [1.29, 1.82) is 0 Å². The number of piperidine rings is 1. The molecule has 11 heteroatoms. The van der Waals surface area contributed by atoms with E-state index in [-0.39, 0.29) is 48.9 Å². The summed E-state index contributed by atoms with van der Waals surface area (Å²) in [7, 11) is -1.65. The molecule has 160 valence electrons. The molecule has 7 nitrogen and oxygen atoms in total. The molecule has 0 aromatic rings. The highest BCUT2D eigenvalue weighted by Crippen LogP contribution is 2.25. The van der Waals surface area contributed by atoms with E-state index in [0.29, 0.717) is 31.5 Å². The van der Waals surface area contributed by atoms with E-state index in [0.717, 1.165) is 25.7 Å². The Morgan fingerprint density at radius 2 is 1.89 bits per heavy atom. The maximum absolute atomic E-state index is 12.4. The fraction of sp³-hybridized carbons (Fsp3) is 0.938. The van der Waals surface area contributed by atoms with Gasteiger partial charge in [-0.25, -0.2) is 21.9 Å². The van der Waals surface area contributed by atoms with Gasteiger partial charge in [-0.05, 0) is 31.6 Å². The van der Waals surface area contributed by atoms with Crippen LogP contribution in [0.1, 0.15) is 32.1 Å². The number of rotatable bonds is 9. The molecule has 0 spiro atoms. The summed E-state index contributed by atoms with van der Waals surface area (Å²) in [6.45, 7) is 1.87. The van der Waals surface area contributed by atoms with Gasteiger partial charge in [-0.15, -0.1) is 24.0 Å². The summed E-state index contributed by atoms with van der Waals surface area (Å²) in [6.07, 6.45) is 2.62. The second kappa shape index (κ2) is 12.3. The highest BCUT2D eigenvalue weighted by atomic mass is 127. The molecule has 3 N–H and O–H groups in total. The minimum atomic E-state index is -3.28. The lowest BCUT2D eigenvalue weighted by atomic mass is 9.86. The lowest BCUT2D eigenvalue weighted by Crippen LogP contribution is -2.50. The summed E-state index contributed by atoms with van der Waals surface area (Å²) in [5, 5.41) is 6.26. The Labute approximate surface area is 178 Å². The van der Waals surface area contributed by atoms with Crippen LogP contribution in [0.2, 0.25) is 0 Å². The van der Waals surface area contributed by atoms with Crippen molar-refractivity contribution in [1.82, 2.24) is 20.3 Å². The van der Waals surface area contributed by atoms with Crippen molar-refractivity contribution in [2.45, 2.75) is 44.6 Å². The van der Waals surface area contributed by atoms with Gasteiger partial charge in [-0.2, -0.15) is 0 Å². The minimum absolute atomic E-state index is 0. The van der Waals surface area contributed by atoms with E-state index in [9.17, 15) is 17.2 Å². The van der Waals surface area contributed by atoms with E-state index in [1.165, 1.54) is 6.42 Å². The molecule has 2 aliphatic rings. The average Bonchev–Trinajstić information content (AvgIpc) is 2.53. The summed E-state index contributed by atoms with van der Waals surface area (Å²) in [6, 6.07) is 0.156. The van der Waals surface area contributed by atoms with Gasteiger partial charge in [0, 0.05) is 39.3 Å². The second-order valence-electron chi connectivity index (χ2n) is 7.07. The molecule has 0 atom stereocenters. The SMILES string of the molecule is CN=C(NCCS(=O)(=O)NCC1CCC1)NC1CCN(CC(F)F)CC1.I. The maximum Gasteiger partial charge on any atom is 0.251 e. The van der Waals surface area contributed by atoms with E-state index in [4.69, 9.17) is 0 Å². The van der Waals surface area contributed by atoms with Crippen LogP contribution in [0.3, 0.4) is 0 Å². The molecule has 1 heterocycles. The molecule has 2 fully saturated rings. The summed E-state index contributed by atoms with van der Waals surface area (Å²) >= 11 is 0. The van der Waals surface area contributed by atoms with Gasteiger partial charge in [-0.3, -0.25) is 9.89 Å². The lowest BCUT2D eigenvalue weighted by molar-refractivity contribution is 0.0744. The van der Waals surface area contributed by atoms with E-state index in [2.05, 4.69) is 20.3 Å². The third-order valence-electron chi connectivity index (χ3n) is 5.03. The summed E-state index contributed by atoms with van der Waals surface area (Å²) in [5.41, 5.74) is 0. The first kappa shape index (κ1) is 24.8. The first-order valence-electron chi connectivity index (χ1n) is 9.33. The number of nitrogens with one attached hydrogen (secondary N) is 3. The number of guanidine groups is 1. The van der Waals surface area contributed by atoms with Gasteiger partial charge in [0.1, 0.15) is 0 Å². The molecule has 0 unspecified atom stereocenters. The van der Waals surface area contributed by atoms with Crippen molar-refractivity contribution >= 4 is 40.0 Å². The number of nitrogens with zero attached hydrogens (tertiary/aromatic N) is 2. The number of alkyl halides is 2. The Balaban J connectivity index is 0.00000364. The number of hydrogen-bond donors (Lipinski definition) is 3. The number of likely N-dealkylation sites (tertiary alicyclic amines) is 1. The van der Waals surface area contributed by atoms with Crippen molar-refractivity contribution in [3.63, 3.8) is 0 Å². The Hall–Kier alpha value is -0.270. The second-order valence-corrected chi connectivity index (χ2v) is 9.00. The predicted octanol–water partition coefficient (Wildman–Crippen LogP) is 1.22. The molecule has 1 saturated heterocycles. The molecule has 27 heavy (non-hydrogen) atoms. The molecule has 0 amide bonds. The van der Waals surface area contributed by atoms with Crippen LogP contribution < -0.4 is 15.4 Å². The summed E-state index contributed by atoms with van der Waals surface area (Å²) in [5.74, 6) is 1.03. The van der Waals surface area contributed by atoms with Crippen LogP contribution in [-0.4, -0.2) is 77.3 Å². The fourth-order valence-corrected chi connectivity index (χ4v) is 4.17. The lowest BCUT2D eigenvalue weighted by Gasteiger charge is -2.32. The monoisotopic (exact) mass is 523 g/mol. The normalized spacial score (nSPS) is 20.2. The molecule has 0 aromatic heterocycles. The molecule has 0 bridgehead atoms. The molecule has 0 aromatic carbocycles. The molecular formula is C16H32F2IN5O2S. The van der Waals surface area contributed by atoms with E-state index in [1.54, 1.807) is 11.9 Å². The quantitative estimate of drug-likeness (QED) is 0.241. The van der Waals surface area contributed by atoms with Crippen LogP contribution in [0, 0.1) is 5.92 Å². The molecule has 1 saturated carbocycles. The van der Waals surface area contributed by atoms with Crippen molar-refractivity contribution in [2.24, 2.45) is 10.9 Å². The third kappa shape index (κ3) is 9.66. The highest BCUT2D eigenvalue weighted by molar-refractivity contribution is 14.0. The molecule has 0 radical (unpaired) electrons. The topological polar surface area (TPSA) is 85.8 Å². The zero-order chi connectivity index (χ0) is 19.0. The third-order valence-corrected chi connectivity index (χ3v) is 6.38. The molecule has 1 aliphatic carbocycles. The zero-order valence-corrected chi connectivity index (χ0v) is 18.9. The number of halogens is 3. The summed E-state index contributed by atoms with van der Waals surface area (Å²) < 4.78 is 51.4. The van der Waals surface area contributed by atoms with E-state index < -0.39 is 16.4 Å². The van der Waals surface area contributed by atoms with Gasteiger partial charge in [0.05, 0.1) is 12.3 Å².